The zero-order valence-electron chi connectivity index (χ0n) is 16.3. The van der Waals surface area contributed by atoms with Crippen LogP contribution in [0.2, 0.25) is 0 Å². The summed E-state index contributed by atoms with van der Waals surface area (Å²) in [4.78, 5) is 12.7. The van der Waals surface area contributed by atoms with E-state index in [0.29, 0.717) is 18.7 Å². The van der Waals surface area contributed by atoms with Crippen molar-refractivity contribution < 1.29 is 13.2 Å². The first-order chi connectivity index (χ1) is 14.0. The van der Waals surface area contributed by atoms with Crippen LogP contribution in [0.3, 0.4) is 0 Å². The van der Waals surface area contributed by atoms with Crippen LogP contribution in [0.5, 0.6) is 0 Å². The second-order valence-corrected chi connectivity index (χ2v) is 8.61. The minimum atomic E-state index is -3.87. The van der Waals surface area contributed by atoms with Crippen molar-refractivity contribution in [3.63, 3.8) is 0 Å². The maximum Gasteiger partial charge on any atom is 0.264 e. The van der Waals surface area contributed by atoms with Crippen LogP contribution in [0.15, 0.2) is 89.8 Å². The van der Waals surface area contributed by atoms with Gasteiger partial charge < -0.3 is 5.32 Å². The van der Waals surface area contributed by atoms with Gasteiger partial charge in [-0.3, -0.25) is 9.10 Å². The fourth-order valence-electron chi connectivity index (χ4n) is 2.92. The van der Waals surface area contributed by atoms with Gasteiger partial charge in [0.2, 0.25) is 5.91 Å². The maximum absolute atomic E-state index is 13.2. The van der Waals surface area contributed by atoms with E-state index in [1.165, 1.54) is 0 Å². The molecule has 0 saturated heterocycles. The summed E-state index contributed by atoms with van der Waals surface area (Å²) in [6.45, 7) is 2.05. The number of aryl methyl sites for hydroxylation is 1. The highest BCUT2D eigenvalue weighted by Gasteiger charge is 2.26. The lowest BCUT2D eigenvalue weighted by Crippen LogP contribution is -2.41. The average Bonchev–Trinajstić information content (AvgIpc) is 2.73. The molecule has 150 valence electrons. The summed E-state index contributed by atoms with van der Waals surface area (Å²) in [6.07, 6.45) is 0.683. The smallest absolute Gasteiger partial charge is 0.264 e. The molecule has 0 unspecified atom stereocenters. The number of para-hydroxylation sites is 1. The summed E-state index contributed by atoms with van der Waals surface area (Å²) in [6, 6.07) is 25.1. The fraction of sp³-hybridized carbons (Fsp3) is 0.174. The molecule has 1 N–H and O–H groups in total. The topological polar surface area (TPSA) is 66.5 Å². The Morgan fingerprint density at radius 3 is 2.07 bits per heavy atom. The molecule has 0 bridgehead atoms. The van der Waals surface area contributed by atoms with Crippen molar-refractivity contribution in [1.29, 1.82) is 0 Å². The van der Waals surface area contributed by atoms with Crippen molar-refractivity contribution in [2.24, 2.45) is 0 Å². The Labute approximate surface area is 172 Å². The first kappa shape index (κ1) is 20.6. The number of benzene rings is 3. The van der Waals surface area contributed by atoms with Crippen molar-refractivity contribution >= 4 is 21.6 Å². The summed E-state index contributed by atoms with van der Waals surface area (Å²) in [7, 11) is -3.87. The highest BCUT2D eigenvalue weighted by atomic mass is 32.2. The second kappa shape index (κ2) is 9.39. The lowest BCUT2D eigenvalue weighted by atomic mass is 10.1. The number of carbonyl (C=O) groups excluding carboxylic acids is 1. The Morgan fingerprint density at radius 2 is 1.45 bits per heavy atom. The third kappa shape index (κ3) is 5.45. The van der Waals surface area contributed by atoms with E-state index in [4.69, 9.17) is 0 Å². The Kier molecular flexibility index (Phi) is 6.67. The molecule has 0 aliphatic heterocycles. The van der Waals surface area contributed by atoms with E-state index in [2.05, 4.69) is 5.32 Å². The number of anilines is 1. The largest absolute Gasteiger partial charge is 0.354 e. The minimum Gasteiger partial charge on any atom is -0.354 e. The average molecular weight is 409 g/mol. The molecule has 0 radical (unpaired) electrons. The molecule has 0 aliphatic rings. The highest BCUT2D eigenvalue weighted by Crippen LogP contribution is 2.23. The number of rotatable bonds is 8. The van der Waals surface area contributed by atoms with Crippen molar-refractivity contribution in [1.82, 2.24) is 5.32 Å². The van der Waals surface area contributed by atoms with E-state index in [1.54, 1.807) is 54.6 Å². The SMILES string of the molecule is Cc1ccc(S(=O)(=O)N(CC(=O)NCCc2ccccc2)c2ccccc2)cc1. The van der Waals surface area contributed by atoms with Crippen molar-refractivity contribution in [2.45, 2.75) is 18.2 Å². The predicted octanol–water partition coefficient (Wildman–Crippen LogP) is 3.55. The summed E-state index contributed by atoms with van der Waals surface area (Å²) >= 11 is 0. The van der Waals surface area contributed by atoms with Gasteiger partial charge in [-0.25, -0.2) is 8.42 Å². The van der Waals surface area contributed by atoms with Gasteiger partial charge in [0.05, 0.1) is 10.6 Å². The van der Waals surface area contributed by atoms with Gasteiger partial charge in [0.25, 0.3) is 10.0 Å². The maximum atomic E-state index is 13.2. The minimum absolute atomic E-state index is 0.157. The Bertz CT molecular complexity index is 1030. The molecule has 3 aromatic rings. The Morgan fingerprint density at radius 1 is 0.862 bits per heavy atom. The third-order valence-electron chi connectivity index (χ3n) is 4.52. The normalized spacial score (nSPS) is 11.1. The van der Waals surface area contributed by atoms with Crippen LogP contribution in [0.4, 0.5) is 5.69 Å². The van der Waals surface area contributed by atoms with Crippen LogP contribution in [0, 0.1) is 6.92 Å². The summed E-state index contributed by atoms with van der Waals surface area (Å²) in [5, 5.41) is 2.82. The van der Waals surface area contributed by atoms with Gasteiger partial charge in [-0.1, -0.05) is 66.2 Å². The monoisotopic (exact) mass is 408 g/mol. The predicted molar refractivity (Wildman–Crippen MR) is 115 cm³/mol. The van der Waals surface area contributed by atoms with Crippen LogP contribution in [-0.4, -0.2) is 27.4 Å². The molecule has 0 spiro atoms. The lowest BCUT2D eigenvalue weighted by molar-refractivity contribution is -0.119. The first-order valence-electron chi connectivity index (χ1n) is 9.42. The fourth-order valence-corrected chi connectivity index (χ4v) is 4.35. The Hall–Kier alpha value is -3.12. The Balaban J connectivity index is 1.75. The lowest BCUT2D eigenvalue weighted by Gasteiger charge is -2.24. The highest BCUT2D eigenvalue weighted by molar-refractivity contribution is 7.92. The molecular weight excluding hydrogens is 384 g/mol. The van der Waals surface area contributed by atoms with E-state index in [0.717, 1.165) is 15.4 Å². The zero-order valence-corrected chi connectivity index (χ0v) is 17.1. The molecule has 5 nitrogen and oxygen atoms in total. The molecule has 29 heavy (non-hydrogen) atoms. The number of nitrogens with zero attached hydrogens (tertiary/aromatic N) is 1. The first-order valence-corrected chi connectivity index (χ1v) is 10.9. The van der Waals surface area contributed by atoms with Crippen LogP contribution < -0.4 is 9.62 Å². The molecule has 3 rings (SSSR count). The van der Waals surface area contributed by atoms with E-state index < -0.39 is 10.0 Å². The van der Waals surface area contributed by atoms with E-state index in [9.17, 15) is 13.2 Å². The van der Waals surface area contributed by atoms with Gasteiger partial charge >= 0.3 is 0 Å². The van der Waals surface area contributed by atoms with Crippen molar-refractivity contribution in [2.75, 3.05) is 17.4 Å². The molecule has 0 atom stereocenters. The van der Waals surface area contributed by atoms with Gasteiger partial charge in [0, 0.05) is 6.54 Å². The number of hydrogen-bond acceptors (Lipinski definition) is 3. The molecule has 0 saturated carbocycles. The van der Waals surface area contributed by atoms with Crippen LogP contribution in [-0.2, 0) is 21.2 Å². The molecule has 3 aromatic carbocycles. The van der Waals surface area contributed by atoms with Gasteiger partial charge in [-0.2, -0.15) is 0 Å². The number of hydrogen-bond donors (Lipinski definition) is 1. The zero-order chi connectivity index (χ0) is 20.7. The van der Waals surface area contributed by atoms with Gasteiger partial charge in [0.1, 0.15) is 6.54 Å². The van der Waals surface area contributed by atoms with Crippen LogP contribution in [0.1, 0.15) is 11.1 Å². The molecule has 0 aromatic heterocycles. The van der Waals surface area contributed by atoms with E-state index in [-0.39, 0.29) is 17.3 Å². The molecular formula is C23H24N2O3S. The van der Waals surface area contributed by atoms with Gasteiger partial charge in [0.15, 0.2) is 0 Å². The van der Waals surface area contributed by atoms with Crippen LogP contribution in [0.25, 0.3) is 0 Å². The van der Waals surface area contributed by atoms with Gasteiger partial charge in [-0.05, 0) is 43.2 Å². The molecule has 0 aliphatic carbocycles. The number of sulfonamides is 1. The molecule has 1 amide bonds. The summed E-state index contributed by atoms with van der Waals surface area (Å²) < 4.78 is 27.6. The quantitative estimate of drug-likeness (QED) is 0.620. The summed E-state index contributed by atoms with van der Waals surface area (Å²) in [5.41, 5.74) is 2.53. The van der Waals surface area contributed by atoms with E-state index >= 15 is 0 Å². The van der Waals surface area contributed by atoms with Crippen molar-refractivity contribution in [3.05, 3.63) is 96.1 Å². The van der Waals surface area contributed by atoms with Crippen LogP contribution >= 0.6 is 0 Å². The molecule has 6 heteroatoms. The second-order valence-electron chi connectivity index (χ2n) is 6.75. The van der Waals surface area contributed by atoms with E-state index in [1.807, 2.05) is 37.3 Å². The molecule has 0 heterocycles. The third-order valence-corrected chi connectivity index (χ3v) is 6.31. The molecule has 0 fully saturated rings. The number of amides is 1. The van der Waals surface area contributed by atoms with Crippen molar-refractivity contribution in [3.8, 4) is 0 Å². The number of nitrogens with one attached hydrogen (secondary N) is 1. The standard InChI is InChI=1S/C23H24N2O3S/c1-19-12-14-22(15-13-19)29(27,28)25(21-10-6-3-7-11-21)18-23(26)24-17-16-20-8-4-2-5-9-20/h2-15H,16-18H2,1H3,(H,24,26). The number of carbonyl (C=O) groups is 1. The summed E-state index contributed by atoms with van der Waals surface area (Å²) in [5.74, 6) is -0.347. The van der Waals surface area contributed by atoms with Gasteiger partial charge in [-0.15, -0.1) is 0 Å².